The predicted molar refractivity (Wildman–Crippen MR) is 113 cm³/mol. The first kappa shape index (κ1) is 23.1. The molecule has 6 nitrogen and oxygen atoms in total. The van der Waals surface area contributed by atoms with Gasteiger partial charge in [-0.25, -0.2) is 8.42 Å². The molecule has 1 aromatic carbocycles. The van der Waals surface area contributed by atoms with Crippen molar-refractivity contribution in [2.75, 3.05) is 32.7 Å². The van der Waals surface area contributed by atoms with Crippen molar-refractivity contribution in [1.82, 2.24) is 9.21 Å². The van der Waals surface area contributed by atoms with Gasteiger partial charge in [0.15, 0.2) is 0 Å². The molecule has 0 bridgehead atoms. The third-order valence-corrected chi connectivity index (χ3v) is 7.93. The van der Waals surface area contributed by atoms with Gasteiger partial charge in [0.25, 0.3) is 0 Å². The smallest absolute Gasteiger partial charge is 0.243 e. The van der Waals surface area contributed by atoms with E-state index in [4.69, 9.17) is 5.73 Å². The third-order valence-electron chi connectivity index (χ3n) is 6.01. The number of hydrogen-bond donors (Lipinski definition) is 1. The second kappa shape index (κ2) is 9.57. The van der Waals surface area contributed by atoms with Crippen molar-refractivity contribution in [3.63, 3.8) is 0 Å². The fourth-order valence-corrected chi connectivity index (χ4v) is 5.62. The van der Waals surface area contributed by atoms with Gasteiger partial charge in [-0.15, -0.1) is 12.4 Å². The lowest BCUT2D eigenvalue weighted by Gasteiger charge is -2.36. The van der Waals surface area contributed by atoms with Crippen molar-refractivity contribution < 1.29 is 13.2 Å². The first-order chi connectivity index (χ1) is 12.8. The van der Waals surface area contributed by atoms with E-state index in [0.717, 1.165) is 24.8 Å². The van der Waals surface area contributed by atoms with Crippen LogP contribution in [0.3, 0.4) is 0 Å². The maximum atomic E-state index is 12.9. The Labute approximate surface area is 174 Å². The van der Waals surface area contributed by atoms with Gasteiger partial charge >= 0.3 is 0 Å². The van der Waals surface area contributed by atoms with Crippen LogP contribution in [-0.2, 0) is 14.8 Å². The van der Waals surface area contributed by atoms with E-state index in [1.165, 1.54) is 4.31 Å². The molecule has 2 fully saturated rings. The first-order valence-electron chi connectivity index (χ1n) is 9.93. The topological polar surface area (TPSA) is 83.7 Å². The third kappa shape index (κ3) is 4.70. The van der Waals surface area contributed by atoms with Gasteiger partial charge in [-0.2, -0.15) is 4.31 Å². The van der Waals surface area contributed by atoms with Crippen molar-refractivity contribution >= 4 is 28.3 Å². The summed E-state index contributed by atoms with van der Waals surface area (Å²) in [5.74, 6) is 0.811. The van der Waals surface area contributed by atoms with Crippen LogP contribution >= 0.6 is 12.4 Å². The summed E-state index contributed by atoms with van der Waals surface area (Å²) in [5.41, 5.74) is 6.93. The Morgan fingerprint density at radius 2 is 1.71 bits per heavy atom. The molecule has 1 aliphatic heterocycles. The Morgan fingerprint density at radius 1 is 1.11 bits per heavy atom. The van der Waals surface area contributed by atoms with E-state index >= 15 is 0 Å². The molecular weight excluding hydrogens is 398 g/mol. The molecule has 1 amide bonds. The van der Waals surface area contributed by atoms with Crippen molar-refractivity contribution in [3.8, 4) is 0 Å². The Kier molecular flexibility index (Phi) is 7.90. The number of carbonyl (C=O) groups excluding carboxylic acids is 1. The lowest BCUT2D eigenvalue weighted by atomic mass is 9.94. The molecule has 0 unspecified atom stereocenters. The number of benzene rings is 1. The highest BCUT2D eigenvalue weighted by Crippen LogP contribution is 2.33. The van der Waals surface area contributed by atoms with Crippen LogP contribution in [0.4, 0.5) is 0 Å². The van der Waals surface area contributed by atoms with Crippen LogP contribution in [0.2, 0.25) is 0 Å². The minimum Gasteiger partial charge on any atom is -0.340 e. The monoisotopic (exact) mass is 429 g/mol. The van der Waals surface area contributed by atoms with E-state index in [0.29, 0.717) is 43.5 Å². The van der Waals surface area contributed by atoms with Gasteiger partial charge in [0.1, 0.15) is 0 Å². The standard InChI is InChI=1S/C20H31N3O3S.ClH/c1-15(2)16-6-8-18(9-7-16)27(25,26)23-12-10-22(11-13-23)20(24)19-5-3-4-17(19)14-21;/h6-9,15,17,19H,3-5,10-14,21H2,1-2H3;1H/t17-,19-;/m1./s1. The molecule has 0 aromatic heterocycles. The van der Waals surface area contributed by atoms with Crippen molar-refractivity contribution in [2.24, 2.45) is 17.6 Å². The summed E-state index contributed by atoms with van der Waals surface area (Å²) < 4.78 is 27.3. The molecule has 2 aliphatic rings. The molecular formula is C20H32ClN3O3S. The number of nitrogens with two attached hydrogens (primary N) is 1. The molecule has 1 heterocycles. The zero-order chi connectivity index (χ0) is 19.6. The molecule has 1 saturated heterocycles. The molecule has 2 atom stereocenters. The average molecular weight is 430 g/mol. The van der Waals surface area contributed by atoms with E-state index < -0.39 is 10.0 Å². The molecule has 28 heavy (non-hydrogen) atoms. The second-order valence-electron chi connectivity index (χ2n) is 7.99. The molecule has 1 aliphatic carbocycles. The number of amides is 1. The Balaban J connectivity index is 0.00000280. The highest BCUT2D eigenvalue weighted by Gasteiger charge is 2.37. The summed E-state index contributed by atoms with van der Waals surface area (Å²) in [7, 11) is -3.51. The molecule has 2 N–H and O–H groups in total. The van der Waals surface area contributed by atoms with Crippen molar-refractivity contribution in [1.29, 1.82) is 0 Å². The number of halogens is 1. The highest BCUT2D eigenvalue weighted by atomic mass is 35.5. The fourth-order valence-electron chi connectivity index (χ4n) is 4.20. The van der Waals surface area contributed by atoms with Crippen LogP contribution in [0.15, 0.2) is 29.2 Å². The van der Waals surface area contributed by atoms with Gasteiger partial charge in [-0.05, 0) is 48.9 Å². The van der Waals surface area contributed by atoms with Crippen LogP contribution < -0.4 is 5.73 Å². The first-order valence-corrected chi connectivity index (χ1v) is 11.4. The van der Waals surface area contributed by atoms with E-state index in [1.54, 1.807) is 12.1 Å². The van der Waals surface area contributed by atoms with Gasteiger partial charge in [-0.1, -0.05) is 32.4 Å². The molecule has 158 valence electrons. The van der Waals surface area contributed by atoms with Gasteiger partial charge in [0.05, 0.1) is 4.90 Å². The van der Waals surface area contributed by atoms with E-state index in [-0.39, 0.29) is 30.2 Å². The largest absolute Gasteiger partial charge is 0.340 e. The second-order valence-corrected chi connectivity index (χ2v) is 9.92. The number of rotatable bonds is 5. The zero-order valence-corrected chi connectivity index (χ0v) is 18.3. The average Bonchev–Trinajstić information content (AvgIpc) is 3.16. The van der Waals surface area contributed by atoms with Crippen molar-refractivity contribution in [3.05, 3.63) is 29.8 Å². The maximum Gasteiger partial charge on any atom is 0.243 e. The van der Waals surface area contributed by atoms with Gasteiger partial charge in [0, 0.05) is 32.1 Å². The summed E-state index contributed by atoms with van der Waals surface area (Å²) >= 11 is 0. The maximum absolute atomic E-state index is 12.9. The van der Waals surface area contributed by atoms with Gasteiger partial charge < -0.3 is 10.6 Å². The van der Waals surface area contributed by atoms with Crippen LogP contribution in [-0.4, -0.2) is 56.3 Å². The normalized spacial score (nSPS) is 23.6. The number of piperazine rings is 1. The number of nitrogens with zero attached hydrogens (tertiary/aromatic N) is 2. The molecule has 3 rings (SSSR count). The van der Waals surface area contributed by atoms with Crippen LogP contribution in [0, 0.1) is 11.8 Å². The summed E-state index contributed by atoms with van der Waals surface area (Å²) in [6.07, 6.45) is 2.98. The minimum atomic E-state index is -3.51. The van der Waals surface area contributed by atoms with Crippen LogP contribution in [0.5, 0.6) is 0 Å². The van der Waals surface area contributed by atoms with Crippen LogP contribution in [0.1, 0.15) is 44.6 Å². The van der Waals surface area contributed by atoms with Crippen molar-refractivity contribution in [2.45, 2.75) is 43.9 Å². The lowest BCUT2D eigenvalue weighted by Crippen LogP contribution is -2.52. The fraction of sp³-hybridized carbons (Fsp3) is 0.650. The zero-order valence-electron chi connectivity index (χ0n) is 16.7. The minimum absolute atomic E-state index is 0. The summed E-state index contributed by atoms with van der Waals surface area (Å²) in [6, 6.07) is 7.13. The number of carbonyl (C=O) groups is 1. The number of sulfonamides is 1. The molecule has 1 saturated carbocycles. The summed E-state index contributed by atoms with van der Waals surface area (Å²) in [6.45, 7) is 6.32. The van der Waals surface area contributed by atoms with Gasteiger partial charge in [0.2, 0.25) is 15.9 Å². The lowest BCUT2D eigenvalue weighted by molar-refractivity contribution is -0.137. The predicted octanol–water partition coefficient (Wildman–Crippen LogP) is 2.44. The molecule has 0 radical (unpaired) electrons. The van der Waals surface area contributed by atoms with E-state index in [1.807, 2.05) is 17.0 Å². The molecule has 8 heteroatoms. The van der Waals surface area contributed by atoms with E-state index in [9.17, 15) is 13.2 Å². The Bertz CT molecular complexity index is 759. The van der Waals surface area contributed by atoms with Gasteiger partial charge in [-0.3, -0.25) is 4.79 Å². The SMILES string of the molecule is CC(C)c1ccc(S(=O)(=O)N2CCN(C(=O)[C@@H]3CCC[C@@H]3CN)CC2)cc1.Cl. The van der Waals surface area contributed by atoms with Crippen LogP contribution in [0.25, 0.3) is 0 Å². The highest BCUT2D eigenvalue weighted by molar-refractivity contribution is 7.89. The van der Waals surface area contributed by atoms with E-state index in [2.05, 4.69) is 13.8 Å². The number of hydrogen-bond acceptors (Lipinski definition) is 4. The summed E-state index contributed by atoms with van der Waals surface area (Å²) in [5, 5.41) is 0. The Hall–Kier alpha value is -1.15. The summed E-state index contributed by atoms with van der Waals surface area (Å²) in [4.78, 5) is 15.0. The molecule has 1 aromatic rings. The quantitative estimate of drug-likeness (QED) is 0.779. The Morgan fingerprint density at radius 3 is 2.25 bits per heavy atom. The molecule has 0 spiro atoms.